The Morgan fingerprint density at radius 1 is 1.33 bits per heavy atom. The van der Waals surface area contributed by atoms with Gasteiger partial charge in [-0.3, -0.25) is 18.9 Å². The predicted molar refractivity (Wildman–Crippen MR) is 123 cm³/mol. The van der Waals surface area contributed by atoms with Gasteiger partial charge in [-0.05, 0) is 24.6 Å². The minimum atomic E-state index is -0.279. The van der Waals surface area contributed by atoms with Crippen molar-refractivity contribution in [3.05, 3.63) is 45.2 Å². The number of nitrogens with zero attached hydrogens (tertiary/aromatic N) is 3. The van der Waals surface area contributed by atoms with E-state index in [1.807, 2.05) is 0 Å². The Morgan fingerprint density at radius 3 is 2.93 bits per heavy atom. The summed E-state index contributed by atoms with van der Waals surface area (Å²) in [6.07, 6.45) is 5.03. The molecule has 0 bridgehead atoms. The minimum Gasteiger partial charge on any atom is -0.394 e. The number of fused-ring (bicyclic) bond motifs is 1. The van der Waals surface area contributed by atoms with Crippen LogP contribution >= 0.6 is 24.0 Å². The van der Waals surface area contributed by atoms with Crippen molar-refractivity contribution in [2.45, 2.75) is 19.8 Å². The number of aliphatic hydroxyl groups is 1. The summed E-state index contributed by atoms with van der Waals surface area (Å²) in [4.78, 5) is 32.5. The monoisotopic (exact) mass is 448 g/mol. The first-order valence-corrected chi connectivity index (χ1v) is 11.0. The zero-order chi connectivity index (χ0) is 21.5. The first-order chi connectivity index (χ1) is 14.6. The van der Waals surface area contributed by atoms with Crippen LogP contribution in [0.5, 0.6) is 0 Å². The maximum absolute atomic E-state index is 13.1. The van der Waals surface area contributed by atoms with Gasteiger partial charge in [-0.2, -0.15) is 0 Å². The van der Waals surface area contributed by atoms with E-state index in [-0.39, 0.29) is 30.2 Å². The number of hydrogen-bond donors (Lipinski definition) is 2. The molecular formula is C20H24N4O4S2. The number of anilines is 1. The number of pyridine rings is 1. The molecule has 1 saturated heterocycles. The van der Waals surface area contributed by atoms with Crippen molar-refractivity contribution in [3.63, 3.8) is 0 Å². The Balaban J connectivity index is 1.95. The van der Waals surface area contributed by atoms with Gasteiger partial charge in [-0.15, -0.1) is 0 Å². The van der Waals surface area contributed by atoms with Gasteiger partial charge in [0.25, 0.3) is 11.5 Å². The van der Waals surface area contributed by atoms with Gasteiger partial charge in [0.05, 0.1) is 30.3 Å². The summed E-state index contributed by atoms with van der Waals surface area (Å²) in [7, 11) is 0. The molecule has 0 unspecified atom stereocenters. The number of amides is 1. The molecule has 0 saturated carbocycles. The first kappa shape index (κ1) is 22.4. The van der Waals surface area contributed by atoms with Crippen LogP contribution in [0, 0.1) is 0 Å². The molecule has 1 amide bonds. The molecule has 2 aromatic heterocycles. The summed E-state index contributed by atoms with van der Waals surface area (Å²) in [6.45, 7) is 3.55. The Morgan fingerprint density at radius 2 is 2.17 bits per heavy atom. The molecule has 2 N–H and O–H groups in total. The van der Waals surface area contributed by atoms with Gasteiger partial charge in [-0.25, -0.2) is 4.98 Å². The topological polar surface area (TPSA) is 96.2 Å². The van der Waals surface area contributed by atoms with E-state index in [1.165, 1.54) is 16.2 Å². The van der Waals surface area contributed by atoms with Crippen LogP contribution in [0.25, 0.3) is 11.7 Å². The molecule has 8 nitrogen and oxygen atoms in total. The number of aromatic nitrogens is 2. The normalized spacial score (nSPS) is 15.5. The van der Waals surface area contributed by atoms with Crippen molar-refractivity contribution in [1.29, 1.82) is 0 Å². The van der Waals surface area contributed by atoms with Crippen molar-refractivity contribution in [3.8, 4) is 0 Å². The number of carbonyl (C=O) groups excluding carboxylic acids is 1. The summed E-state index contributed by atoms with van der Waals surface area (Å²) < 4.78 is 7.20. The van der Waals surface area contributed by atoms with E-state index < -0.39 is 0 Å². The molecule has 1 fully saturated rings. The Kier molecular flexibility index (Phi) is 7.97. The van der Waals surface area contributed by atoms with E-state index in [9.17, 15) is 9.59 Å². The van der Waals surface area contributed by atoms with Crippen LogP contribution in [-0.4, -0.2) is 62.5 Å². The number of aliphatic hydroxyl groups excluding tert-OH is 1. The van der Waals surface area contributed by atoms with E-state index in [4.69, 9.17) is 22.1 Å². The standard InChI is InChI=1S/C20H24N4O4S2/c1-2-3-8-24-19(27)15(30-20(24)29)13-14-17(21-7-11-28-12-10-25)22-16-6-4-5-9-23(16)18(14)26/h4-6,9,13,21,25H,2-3,7-8,10-12H2,1H3. The second-order valence-electron chi connectivity index (χ2n) is 6.56. The zero-order valence-electron chi connectivity index (χ0n) is 16.7. The number of carbonyl (C=O) groups is 1. The van der Waals surface area contributed by atoms with Crippen LogP contribution in [0.1, 0.15) is 25.3 Å². The average Bonchev–Trinajstić information content (AvgIpc) is 3.01. The Hall–Kier alpha value is -2.27. The molecule has 1 aliphatic heterocycles. The van der Waals surface area contributed by atoms with E-state index in [0.717, 1.165) is 12.8 Å². The van der Waals surface area contributed by atoms with Crippen molar-refractivity contribution in [2.75, 3.05) is 38.2 Å². The summed E-state index contributed by atoms with van der Waals surface area (Å²) in [5.74, 6) is 0.186. The van der Waals surface area contributed by atoms with Crippen molar-refractivity contribution in [1.82, 2.24) is 14.3 Å². The van der Waals surface area contributed by atoms with E-state index >= 15 is 0 Å². The first-order valence-electron chi connectivity index (χ1n) is 9.76. The average molecular weight is 449 g/mol. The molecule has 1 aliphatic rings. The Bertz CT molecular complexity index is 1020. The molecule has 160 valence electrons. The van der Waals surface area contributed by atoms with Crippen LogP contribution < -0.4 is 10.9 Å². The quantitative estimate of drug-likeness (QED) is 0.324. The number of hydrogen-bond acceptors (Lipinski definition) is 8. The number of thiocarbonyl (C=S) groups is 1. The predicted octanol–water partition coefficient (Wildman–Crippen LogP) is 2.12. The smallest absolute Gasteiger partial charge is 0.267 e. The van der Waals surface area contributed by atoms with Crippen LogP contribution in [0.3, 0.4) is 0 Å². The van der Waals surface area contributed by atoms with Gasteiger partial charge < -0.3 is 15.2 Å². The van der Waals surface area contributed by atoms with E-state index in [1.54, 1.807) is 35.4 Å². The van der Waals surface area contributed by atoms with Crippen LogP contribution in [0.4, 0.5) is 5.82 Å². The van der Waals surface area contributed by atoms with Gasteiger partial charge >= 0.3 is 0 Å². The highest BCUT2D eigenvalue weighted by atomic mass is 32.2. The molecule has 3 rings (SSSR count). The lowest BCUT2D eigenvalue weighted by molar-refractivity contribution is -0.122. The largest absolute Gasteiger partial charge is 0.394 e. The highest BCUT2D eigenvalue weighted by Crippen LogP contribution is 2.33. The van der Waals surface area contributed by atoms with Gasteiger partial charge in [0.1, 0.15) is 15.8 Å². The van der Waals surface area contributed by atoms with Crippen molar-refractivity contribution >= 4 is 51.7 Å². The van der Waals surface area contributed by atoms with Gasteiger partial charge in [0.2, 0.25) is 0 Å². The van der Waals surface area contributed by atoms with Crippen LogP contribution in [0.2, 0.25) is 0 Å². The highest BCUT2D eigenvalue weighted by Gasteiger charge is 2.32. The number of ether oxygens (including phenoxy) is 1. The summed E-state index contributed by atoms with van der Waals surface area (Å²) >= 11 is 6.55. The number of rotatable bonds is 10. The molecule has 30 heavy (non-hydrogen) atoms. The van der Waals surface area contributed by atoms with E-state index in [0.29, 0.717) is 40.4 Å². The lowest BCUT2D eigenvalue weighted by Gasteiger charge is -2.13. The Labute approximate surface area is 183 Å². The fourth-order valence-electron chi connectivity index (χ4n) is 2.92. The van der Waals surface area contributed by atoms with Gasteiger partial charge in [0, 0.05) is 19.3 Å². The van der Waals surface area contributed by atoms with Crippen LogP contribution in [0.15, 0.2) is 34.1 Å². The third-order valence-electron chi connectivity index (χ3n) is 4.43. The number of thioether (sulfide) groups is 1. The second kappa shape index (κ2) is 10.7. The van der Waals surface area contributed by atoms with Crippen molar-refractivity contribution < 1.29 is 14.6 Å². The second-order valence-corrected chi connectivity index (χ2v) is 8.23. The lowest BCUT2D eigenvalue weighted by atomic mass is 10.2. The number of unbranched alkanes of at least 4 members (excludes halogenated alkanes) is 1. The fraction of sp³-hybridized carbons (Fsp3) is 0.400. The maximum Gasteiger partial charge on any atom is 0.267 e. The summed E-state index contributed by atoms with van der Waals surface area (Å²) in [5, 5.41) is 11.9. The molecule has 10 heteroatoms. The van der Waals surface area contributed by atoms with Gasteiger partial charge in [-0.1, -0.05) is 43.4 Å². The zero-order valence-corrected chi connectivity index (χ0v) is 18.3. The summed E-state index contributed by atoms with van der Waals surface area (Å²) in [6, 6.07) is 5.29. The minimum absolute atomic E-state index is 0.0549. The maximum atomic E-state index is 13.1. The SMILES string of the molecule is CCCCN1C(=O)C(=Cc2c(NCCOCCO)nc3ccccn3c2=O)SC1=S. The molecule has 0 spiro atoms. The fourth-order valence-corrected chi connectivity index (χ4v) is 4.21. The molecule has 0 aliphatic carbocycles. The van der Waals surface area contributed by atoms with Gasteiger partial charge in [0.15, 0.2) is 0 Å². The third kappa shape index (κ3) is 5.07. The third-order valence-corrected chi connectivity index (χ3v) is 5.81. The molecule has 0 aromatic carbocycles. The molecule has 0 radical (unpaired) electrons. The molecule has 2 aromatic rings. The molecule has 3 heterocycles. The van der Waals surface area contributed by atoms with Crippen LogP contribution in [-0.2, 0) is 9.53 Å². The lowest BCUT2D eigenvalue weighted by Crippen LogP contribution is -2.29. The molecule has 0 atom stereocenters. The van der Waals surface area contributed by atoms with Crippen molar-refractivity contribution in [2.24, 2.45) is 0 Å². The summed E-state index contributed by atoms with van der Waals surface area (Å²) in [5.41, 5.74) is 0.504. The molecular weight excluding hydrogens is 424 g/mol. The number of nitrogens with one attached hydrogen (secondary N) is 1. The van der Waals surface area contributed by atoms with E-state index in [2.05, 4.69) is 17.2 Å². The highest BCUT2D eigenvalue weighted by molar-refractivity contribution is 8.26.